The summed E-state index contributed by atoms with van der Waals surface area (Å²) >= 11 is 6.06. The third kappa shape index (κ3) is 7.92. The number of nitrogens with one attached hydrogen (secondary N) is 1. The van der Waals surface area contributed by atoms with Gasteiger partial charge in [-0.1, -0.05) is 72.3 Å². The first kappa shape index (κ1) is 25.3. The molecule has 5 nitrogen and oxygen atoms in total. The van der Waals surface area contributed by atoms with Gasteiger partial charge in [0.2, 0.25) is 5.91 Å². The smallest absolute Gasteiger partial charge is 0.261 e. The molecule has 2 amide bonds. The molecule has 0 spiro atoms. The number of halogens is 1. The van der Waals surface area contributed by atoms with Crippen molar-refractivity contribution >= 4 is 23.4 Å². The van der Waals surface area contributed by atoms with Gasteiger partial charge in [-0.2, -0.15) is 0 Å². The molecule has 0 aliphatic heterocycles. The minimum atomic E-state index is -0.718. The van der Waals surface area contributed by atoms with Crippen molar-refractivity contribution in [2.24, 2.45) is 0 Å². The first-order valence-corrected chi connectivity index (χ1v) is 11.7. The summed E-state index contributed by atoms with van der Waals surface area (Å²) in [4.78, 5) is 28.5. The van der Waals surface area contributed by atoms with E-state index in [9.17, 15) is 9.59 Å². The number of rotatable bonds is 9. The molecular weight excluding hydrogens is 448 g/mol. The minimum absolute atomic E-state index is 0.175. The van der Waals surface area contributed by atoms with E-state index < -0.39 is 11.6 Å². The third-order valence-electron chi connectivity index (χ3n) is 5.14. The summed E-state index contributed by atoms with van der Waals surface area (Å²) in [5, 5.41) is 3.66. The average Bonchev–Trinajstić information content (AvgIpc) is 2.81. The number of amides is 2. The second-order valence-corrected chi connectivity index (χ2v) is 9.63. The molecular formula is C28H31ClN2O3. The topological polar surface area (TPSA) is 58.6 Å². The lowest BCUT2D eigenvalue weighted by atomic mass is 10.0. The van der Waals surface area contributed by atoms with Crippen LogP contribution in [0.3, 0.4) is 0 Å². The number of nitrogens with zero attached hydrogens (tertiary/aromatic N) is 1. The molecule has 1 N–H and O–H groups in total. The van der Waals surface area contributed by atoms with Gasteiger partial charge in [-0.25, -0.2) is 0 Å². The summed E-state index contributed by atoms with van der Waals surface area (Å²) in [5.74, 6) is 0.114. The summed E-state index contributed by atoms with van der Waals surface area (Å²) in [6.07, 6.45) is 0.382. The van der Waals surface area contributed by atoms with Crippen LogP contribution in [-0.2, 0) is 22.6 Å². The van der Waals surface area contributed by atoms with Crippen molar-refractivity contribution in [1.29, 1.82) is 0 Å². The number of hydrogen-bond donors (Lipinski definition) is 1. The molecule has 0 aliphatic rings. The number of ether oxygens (including phenoxy) is 1. The molecule has 0 saturated carbocycles. The van der Waals surface area contributed by atoms with Crippen molar-refractivity contribution in [3.8, 4) is 5.75 Å². The first-order valence-electron chi connectivity index (χ1n) is 11.3. The van der Waals surface area contributed by atoms with Crippen molar-refractivity contribution in [1.82, 2.24) is 10.2 Å². The van der Waals surface area contributed by atoms with Crippen LogP contribution in [0.4, 0.5) is 0 Å². The molecule has 0 aromatic heterocycles. The quantitative estimate of drug-likeness (QED) is 0.455. The lowest BCUT2D eigenvalue weighted by molar-refractivity contribution is -0.143. The van der Waals surface area contributed by atoms with Crippen LogP contribution in [0.1, 0.15) is 31.9 Å². The van der Waals surface area contributed by atoms with E-state index in [4.69, 9.17) is 16.3 Å². The highest BCUT2D eigenvalue weighted by molar-refractivity contribution is 6.30. The van der Waals surface area contributed by atoms with E-state index in [1.54, 1.807) is 29.2 Å². The number of carbonyl (C=O) groups excluding carboxylic acids is 2. The Balaban J connectivity index is 1.91. The predicted octanol–water partition coefficient (Wildman–Crippen LogP) is 5.27. The van der Waals surface area contributed by atoms with Crippen LogP contribution in [0.2, 0.25) is 5.02 Å². The van der Waals surface area contributed by atoms with Gasteiger partial charge >= 0.3 is 0 Å². The molecule has 6 heteroatoms. The van der Waals surface area contributed by atoms with Gasteiger partial charge in [-0.05, 0) is 56.2 Å². The van der Waals surface area contributed by atoms with E-state index in [1.165, 1.54) is 0 Å². The molecule has 178 valence electrons. The Morgan fingerprint density at radius 3 is 2.06 bits per heavy atom. The molecule has 3 aromatic carbocycles. The Morgan fingerprint density at radius 2 is 1.47 bits per heavy atom. The maximum atomic E-state index is 13.5. The fourth-order valence-electron chi connectivity index (χ4n) is 3.54. The zero-order valence-electron chi connectivity index (χ0n) is 19.8. The molecule has 3 aromatic rings. The van der Waals surface area contributed by atoms with Crippen LogP contribution in [0.5, 0.6) is 5.75 Å². The fourth-order valence-corrected chi connectivity index (χ4v) is 3.66. The maximum absolute atomic E-state index is 13.5. The molecule has 0 heterocycles. The van der Waals surface area contributed by atoms with Gasteiger partial charge in [0.1, 0.15) is 11.8 Å². The Morgan fingerprint density at radius 1 is 0.882 bits per heavy atom. The van der Waals surface area contributed by atoms with Crippen molar-refractivity contribution in [3.63, 3.8) is 0 Å². The molecule has 0 saturated heterocycles. The lowest BCUT2D eigenvalue weighted by Gasteiger charge is -2.33. The van der Waals surface area contributed by atoms with E-state index in [0.29, 0.717) is 17.2 Å². The van der Waals surface area contributed by atoms with Gasteiger partial charge in [-0.3, -0.25) is 9.59 Å². The molecule has 0 aliphatic carbocycles. The summed E-state index contributed by atoms with van der Waals surface area (Å²) in [6.45, 7) is 5.85. The van der Waals surface area contributed by atoms with Gasteiger partial charge < -0.3 is 15.0 Å². The number of carbonyl (C=O) groups is 2. The highest BCUT2D eigenvalue weighted by Gasteiger charge is 2.32. The van der Waals surface area contributed by atoms with Gasteiger partial charge in [-0.15, -0.1) is 0 Å². The minimum Gasteiger partial charge on any atom is -0.484 e. The van der Waals surface area contributed by atoms with Crippen LogP contribution >= 0.6 is 11.6 Å². The van der Waals surface area contributed by atoms with Crippen molar-refractivity contribution < 1.29 is 14.3 Å². The van der Waals surface area contributed by atoms with E-state index in [1.807, 2.05) is 81.4 Å². The Hall–Kier alpha value is -3.31. The summed E-state index contributed by atoms with van der Waals surface area (Å²) < 4.78 is 5.74. The zero-order valence-corrected chi connectivity index (χ0v) is 20.6. The molecule has 0 unspecified atom stereocenters. The first-order chi connectivity index (χ1) is 16.2. The Labute approximate surface area is 206 Å². The van der Waals surface area contributed by atoms with E-state index >= 15 is 0 Å². The highest BCUT2D eigenvalue weighted by Crippen LogP contribution is 2.18. The van der Waals surface area contributed by atoms with E-state index in [0.717, 1.165) is 11.1 Å². The van der Waals surface area contributed by atoms with Crippen LogP contribution < -0.4 is 10.1 Å². The van der Waals surface area contributed by atoms with E-state index in [2.05, 4.69) is 5.32 Å². The predicted molar refractivity (Wildman–Crippen MR) is 136 cm³/mol. The Kier molecular flexibility index (Phi) is 8.72. The van der Waals surface area contributed by atoms with Crippen molar-refractivity contribution in [2.45, 2.75) is 45.3 Å². The lowest BCUT2D eigenvalue weighted by Crippen LogP contribution is -2.55. The third-order valence-corrected chi connectivity index (χ3v) is 5.39. The van der Waals surface area contributed by atoms with Crippen LogP contribution in [-0.4, -0.2) is 34.9 Å². The molecule has 34 heavy (non-hydrogen) atoms. The fraction of sp³-hybridized carbons (Fsp3) is 0.286. The second-order valence-electron chi connectivity index (χ2n) is 9.19. The monoisotopic (exact) mass is 478 g/mol. The van der Waals surface area contributed by atoms with Crippen LogP contribution in [0.25, 0.3) is 0 Å². The largest absolute Gasteiger partial charge is 0.484 e. The molecule has 0 bridgehead atoms. The van der Waals surface area contributed by atoms with Gasteiger partial charge in [0.05, 0.1) is 0 Å². The number of para-hydroxylation sites is 1. The number of benzene rings is 3. The summed E-state index contributed by atoms with van der Waals surface area (Å²) in [6, 6.07) is 25.4. The number of hydrogen-bond acceptors (Lipinski definition) is 3. The van der Waals surface area contributed by atoms with Crippen molar-refractivity contribution in [3.05, 3.63) is 101 Å². The molecule has 1 atom stereocenters. The van der Waals surface area contributed by atoms with Crippen LogP contribution in [0, 0.1) is 0 Å². The average molecular weight is 479 g/mol. The van der Waals surface area contributed by atoms with E-state index in [-0.39, 0.29) is 25.0 Å². The van der Waals surface area contributed by atoms with Gasteiger partial charge in [0.25, 0.3) is 5.91 Å². The molecule has 0 fully saturated rings. The zero-order chi connectivity index (χ0) is 24.6. The highest BCUT2D eigenvalue weighted by atomic mass is 35.5. The maximum Gasteiger partial charge on any atom is 0.261 e. The van der Waals surface area contributed by atoms with Gasteiger partial charge in [0.15, 0.2) is 6.61 Å². The Bertz CT molecular complexity index is 1060. The molecule has 0 radical (unpaired) electrons. The molecule has 3 rings (SSSR count). The van der Waals surface area contributed by atoms with Crippen molar-refractivity contribution in [2.75, 3.05) is 6.61 Å². The van der Waals surface area contributed by atoms with Crippen LogP contribution in [0.15, 0.2) is 84.9 Å². The normalized spacial score (nSPS) is 12.0. The second kappa shape index (κ2) is 11.7. The standard InChI is InChI=1S/C28H31ClN2O3/c1-28(2,3)30-27(33)25(18-21-10-6-4-7-11-21)31(19-22-14-16-23(29)17-15-22)26(32)20-34-24-12-8-5-9-13-24/h4-17,25H,18-20H2,1-3H3,(H,30,33)/t25-/m0/s1. The summed E-state index contributed by atoms with van der Waals surface area (Å²) in [5.41, 5.74) is 1.40. The SMILES string of the molecule is CC(C)(C)NC(=O)[C@H](Cc1ccccc1)N(Cc1ccc(Cl)cc1)C(=O)COc1ccccc1. The summed E-state index contributed by atoms with van der Waals surface area (Å²) in [7, 11) is 0. The van der Waals surface area contributed by atoms with Gasteiger partial charge in [0, 0.05) is 23.5 Å².